The van der Waals surface area contributed by atoms with E-state index in [2.05, 4.69) is 70.0 Å². The van der Waals surface area contributed by atoms with Crippen molar-refractivity contribution in [2.45, 2.75) is 78.2 Å². The Kier molecular flexibility index (Phi) is 5.36. The first kappa shape index (κ1) is 20.6. The molecular formula is C20H33BN2O3Si. The molecule has 0 N–H and O–H groups in total. The molecular weight excluding hydrogens is 355 g/mol. The van der Waals surface area contributed by atoms with Gasteiger partial charge in [0.1, 0.15) is 12.4 Å². The van der Waals surface area contributed by atoms with Crippen molar-refractivity contribution in [1.29, 1.82) is 0 Å². The Bertz CT molecular complexity index is 810. The molecule has 148 valence electrons. The van der Waals surface area contributed by atoms with Crippen LogP contribution in [0.5, 0.6) is 0 Å². The zero-order valence-electron chi connectivity index (χ0n) is 18.0. The average Bonchev–Trinajstić information content (AvgIpc) is 2.96. The molecule has 1 saturated heterocycles. The molecule has 2 aromatic heterocycles. The molecule has 2 aromatic rings. The second kappa shape index (κ2) is 7.03. The van der Waals surface area contributed by atoms with Crippen molar-refractivity contribution in [3.8, 4) is 0 Å². The van der Waals surface area contributed by atoms with Crippen molar-refractivity contribution in [3.63, 3.8) is 0 Å². The predicted molar refractivity (Wildman–Crippen MR) is 114 cm³/mol. The maximum Gasteiger partial charge on any atom is 0.495 e. The highest BCUT2D eigenvalue weighted by Crippen LogP contribution is 2.37. The molecule has 0 bridgehead atoms. The normalized spacial score (nSPS) is 19.2. The van der Waals surface area contributed by atoms with E-state index in [1.54, 1.807) is 0 Å². The molecule has 1 aliphatic heterocycles. The minimum Gasteiger partial charge on any atom is -0.399 e. The summed E-state index contributed by atoms with van der Waals surface area (Å²) in [7, 11) is -1.47. The van der Waals surface area contributed by atoms with Gasteiger partial charge in [0.2, 0.25) is 0 Å². The van der Waals surface area contributed by atoms with E-state index in [1.165, 1.54) is 0 Å². The van der Waals surface area contributed by atoms with Gasteiger partial charge < -0.3 is 18.6 Å². The Balaban J connectivity index is 1.84. The van der Waals surface area contributed by atoms with Gasteiger partial charge in [0.05, 0.1) is 11.2 Å². The number of nitrogens with zero attached hydrogens (tertiary/aromatic N) is 2. The molecule has 0 radical (unpaired) electrons. The third-order valence-electron chi connectivity index (χ3n) is 5.71. The van der Waals surface area contributed by atoms with Crippen molar-refractivity contribution in [2.75, 3.05) is 6.61 Å². The van der Waals surface area contributed by atoms with Gasteiger partial charge in [-0.3, -0.25) is 0 Å². The van der Waals surface area contributed by atoms with Gasteiger partial charge in [0.15, 0.2) is 0 Å². The number of hydrogen-bond acceptors (Lipinski definition) is 4. The first-order valence-corrected chi connectivity index (χ1v) is 13.5. The summed E-state index contributed by atoms with van der Waals surface area (Å²) in [6.45, 7) is 18.8. The molecule has 0 aromatic carbocycles. The van der Waals surface area contributed by atoms with Crippen molar-refractivity contribution in [1.82, 2.24) is 9.55 Å². The van der Waals surface area contributed by atoms with Gasteiger partial charge in [-0.25, -0.2) is 4.98 Å². The minimum absolute atomic E-state index is 0.357. The van der Waals surface area contributed by atoms with E-state index in [1.807, 2.05) is 12.3 Å². The van der Waals surface area contributed by atoms with Gasteiger partial charge in [-0.15, -0.1) is 0 Å². The third-order valence-corrected chi connectivity index (χ3v) is 7.42. The topological polar surface area (TPSA) is 45.5 Å². The summed E-state index contributed by atoms with van der Waals surface area (Å²) in [6, 6.07) is 3.17. The van der Waals surface area contributed by atoms with Crippen LogP contribution in [0.3, 0.4) is 0 Å². The van der Waals surface area contributed by atoms with Crippen LogP contribution in [-0.4, -0.2) is 42.6 Å². The fourth-order valence-corrected chi connectivity index (χ4v) is 4.01. The van der Waals surface area contributed by atoms with Crippen molar-refractivity contribution < 1.29 is 14.0 Å². The van der Waals surface area contributed by atoms with Crippen LogP contribution in [0.4, 0.5) is 0 Å². The molecule has 0 aliphatic carbocycles. The van der Waals surface area contributed by atoms with Crippen molar-refractivity contribution in [3.05, 3.63) is 24.0 Å². The summed E-state index contributed by atoms with van der Waals surface area (Å²) in [4.78, 5) is 4.61. The number of ether oxygens (including phenoxy) is 1. The van der Waals surface area contributed by atoms with Gasteiger partial charge in [0.25, 0.3) is 0 Å². The largest absolute Gasteiger partial charge is 0.495 e. The second-order valence-corrected chi connectivity index (χ2v) is 15.4. The Morgan fingerprint density at radius 2 is 1.78 bits per heavy atom. The van der Waals surface area contributed by atoms with E-state index in [9.17, 15) is 0 Å². The van der Waals surface area contributed by atoms with Crippen LogP contribution in [0, 0.1) is 6.92 Å². The van der Waals surface area contributed by atoms with Crippen molar-refractivity contribution >= 4 is 31.7 Å². The summed E-state index contributed by atoms with van der Waals surface area (Å²) in [5.41, 5.74) is 2.41. The Morgan fingerprint density at radius 1 is 1.15 bits per heavy atom. The molecule has 0 spiro atoms. The summed E-state index contributed by atoms with van der Waals surface area (Å²) in [5.74, 6) is 0. The van der Waals surface area contributed by atoms with Crippen LogP contribution < -0.4 is 5.46 Å². The van der Waals surface area contributed by atoms with E-state index in [4.69, 9.17) is 14.0 Å². The number of fused-ring (bicyclic) bond motifs is 1. The molecule has 3 heterocycles. The van der Waals surface area contributed by atoms with Gasteiger partial charge in [0, 0.05) is 32.5 Å². The Hall–Kier alpha value is -1.15. The van der Waals surface area contributed by atoms with Crippen molar-refractivity contribution in [2.24, 2.45) is 0 Å². The molecule has 0 unspecified atom stereocenters. The number of aromatic nitrogens is 2. The zero-order chi connectivity index (χ0) is 20.0. The van der Waals surface area contributed by atoms with E-state index in [-0.39, 0.29) is 18.3 Å². The van der Waals surface area contributed by atoms with Crippen LogP contribution in [0.2, 0.25) is 25.7 Å². The lowest BCUT2D eigenvalue weighted by molar-refractivity contribution is 0.00578. The van der Waals surface area contributed by atoms with Gasteiger partial charge >= 0.3 is 7.12 Å². The average molecular weight is 388 g/mol. The first-order valence-electron chi connectivity index (χ1n) is 9.79. The van der Waals surface area contributed by atoms with Gasteiger partial charge in [-0.2, -0.15) is 0 Å². The maximum atomic E-state index is 6.27. The number of aryl methyl sites for hydroxylation is 1. The quantitative estimate of drug-likeness (QED) is 0.555. The zero-order valence-corrected chi connectivity index (χ0v) is 19.0. The number of rotatable bonds is 6. The lowest BCUT2D eigenvalue weighted by Gasteiger charge is -2.32. The SMILES string of the molecule is Cc1cn(COCC[Si](C)(C)C)c2nccc(B3OC(C)(C)C(C)(C)O3)c12. The summed E-state index contributed by atoms with van der Waals surface area (Å²) in [5, 5.41) is 1.10. The highest BCUT2D eigenvalue weighted by atomic mass is 28.3. The molecule has 3 rings (SSSR count). The van der Waals surface area contributed by atoms with Gasteiger partial charge in [-0.05, 0) is 57.8 Å². The highest BCUT2D eigenvalue weighted by molar-refractivity contribution is 6.76. The molecule has 5 nitrogen and oxygen atoms in total. The fraction of sp³-hybridized carbons (Fsp3) is 0.650. The van der Waals surface area contributed by atoms with Crippen LogP contribution >= 0.6 is 0 Å². The standard InChI is InChI=1S/C20H33BN2O3Si/c1-15-13-23(14-24-11-12-27(6,7)8)18-17(15)16(9-10-22-18)21-25-19(2,3)20(4,5)26-21/h9-10,13H,11-12,14H2,1-8H3. The molecule has 0 atom stereocenters. The third kappa shape index (κ3) is 4.16. The Morgan fingerprint density at radius 3 is 2.37 bits per heavy atom. The maximum absolute atomic E-state index is 6.27. The van der Waals surface area contributed by atoms with E-state index in [0.29, 0.717) is 6.73 Å². The minimum atomic E-state index is -1.08. The monoisotopic (exact) mass is 388 g/mol. The molecule has 1 fully saturated rings. The molecule has 0 saturated carbocycles. The number of pyridine rings is 1. The van der Waals surface area contributed by atoms with Crippen LogP contribution in [0.1, 0.15) is 33.3 Å². The summed E-state index contributed by atoms with van der Waals surface area (Å²) < 4.78 is 20.6. The molecule has 0 amide bonds. The first-order chi connectivity index (χ1) is 12.4. The fourth-order valence-electron chi connectivity index (χ4n) is 3.25. The molecule has 7 heteroatoms. The predicted octanol–water partition coefficient (Wildman–Crippen LogP) is 3.96. The van der Waals surface area contributed by atoms with Crippen LogP contribution in [0.15, 0.2) is 18.5 Å². The summed E-state index contributed by atoms with van der Waals surface area (Å²) >= 11 is 0. The second-order valence-electron chi connectivity index (χ2n) is 9.82. The smallest absolute Gasteiger partial charge is 0.399 e. The lowest BCUT2D eigenvalue weighted by atomic mass is 9.77. The van der Waals surface area contributed by atoms with Crippen LogP contribution in [0.25, 0.3) is 11.0 Å². The van der Waals surface area contributed by atoms with Gasteiger partial charge in [-0.1, -0.05) is 19.6 Å². The molecule has 27 heavy (non-hydrogen) atoms. The van der Waals surface area contributed by atoms with Crippen LogP contribution in [-0.2, 0) is 20.8 Å². The number of hydrogen-bond donors (Lipinski definition) is 0. The Labute approximate surface area is 164 Å². The lowest BCUT2D eigenvalue weighted by Crippen LogP contribution is -2.41. The highest BCUT2D eigenvalue weighted by Gasteiger charge is 2.52. The van der Waals surface area contributed by atoms with E-state index >= 15 is 0 Å². The van der Waals surface area contributed by atoms with E-state index < -0.39 is 8.07 Å². The summed E-state index contributed by atoms with van der Waals surface area (Å²) in [6.07, 6.45) is 3.95. The van der Waals surface area contributed by atoms with E-state index in [0.717, 1.165) is 34.7 Å². The molecule has 1 aliphatic rings.